The molecule has 0 spiro atoms. The predicted molar refractivity (Wildman–Crippen MR) is 100 cm³/mol. The van der Waals surface area contributed by atoms with Crippen LogP contribution in [0.15, 0.2) is 60.7 Å². The van der Waals surface area contributed by atoms with Gasteiger partial charge in [0.1, 0.15) is 5.82 Å². The Labute approximate surface area is 155 Å². The van der Waals surface area contributed by atoms with Crippen molar-refractivity contribution in [2.75, 3.05) is 13.1 Å². The maximum Gasteiger partial charge on any atom is 0.255 e. The number of fused-ring (bicyclic) bond motifs is 1. The third-order valence-electron chi connectivity index (χ3n) is 3.92. The molecule has 6 heteroatoms. The lowest BCUT2D eigenvalue weighted by Crippen LogP contribution is -2.35. The molecule has 26 heavy (non-hydrogen) atoms. The van der Waals surface area contributed by atoms with Crippen LogP contribution in [0.1, 0.15) is 20.7 Å². The van der Waals surface area contributed by atoms with Gasteiger partial charge in [0.05, 0.1) is 10.6 Å². The normalized spacial score (nSPS) is 10.5. The first-order valence-corrected chi connectivity index (χ1v) is 8.44. The number of carbonyl (C=O) groups excluding carboxylic acids is 2. The molecule has 0 aliphatic heterocycles. The molecule has 0 aliphatic rings. The van der Waals surface area contributed by atoms with Crippen molar-refractivity contribution in [3.05, 3.63) is 82.6 Å². The monoisotopic (exact) mass is 370 g/mol. The van der Waals surface area contributed by atoms with Gasteiger partial charge >= 0.3 is 0 Å². The van der Waals surface area contributed by atoms with E-state index in [1.54, 1.807) is 6.07 Å². The second-order valence-corrected chi connectivity index (χ2v) is 6.04. The number of nitrogens with one attached hydrogen (secondary N) is 2. The van der Waals surface area contributed by atoms with Crippen LogP contribution in [0, 0.1) is 5.82 Å². The molecule has 0 radical (unpaired) electrons. The van der Waals surface area contributed by atoms with Crippen molar-refractivity contribution in [1.29, 1.82) is 0 Å². The molecule has 0 fully saturated rings. The first kappa shape index (κ1) is 17.9. The molecular formula is C20H16ClFN2O2. The van der Waals surface area contributed by atoms with Crippen molar-refractivity contribution in [1.82, 2.24) is 10.6 Å². The van der Waals surface area contributed by atoms with Gasteiger partial charge in [0.2, 0.25) is 0 Å². The van der Waals surface area contributed by atoms with E-state index in [0.717, 1.165) is 10.8 Å². The average molecular weight is 371 g/mol. The van der Waals surface area contributed by atoms with Crippen molar-refractivity contribution in [2.45, 2.75) is 0 Å². The summed E-state index contributed by atoms with van der Waals surface area (Å²) in [4.78, 5) is 24.4. The lowest BCUT2D eigenvalue weighted by atomic mass is 10.0. The van der Waals surface area contributed by atoms with E-state index in [-0.39, 0.29) is 29.6 Å². The summed E-state index contributed by atoms with van der Waals surface area (Å²) in [5, 5.41) is 7.17. The highest BCUT2D eigenvalue weighted by molar-refractivity contribution is 6.33. The summed E-state index contributed by atoms with van der Waals surface area (Å²) in [5.74, 6) is -1.54. The molecule has 4 nitrogen and oxygen atoms in total. The molecule has 0 bridgehead atoms. The molecule has 0 heterocycles. The predicted octanol–water partition coefficient (Wildman–Crippen LogP) is 3.79. The lowest BCUT2D eigenvalue weighted by Gasteiger charge is -2.10. The summed E-state index contributed by atoms with van der Waals surface area (Å²) in [6.45, 7) is 0.361. The van der Waals surface area contributed by atoms with Gasteiger partial charge in [-0.15, -0.1) is 0 Å². The second-order valence-electron chi connectivity index (χ2n) is 5.64. The van der Waals surface area contributed by atoms with E-state index in [9.17, 15) is 14.0 Å². The Hall–Kier alpha value is -2.92. The number of halogens is 2. The van der Waals surface area contributed by atoms with Crippen molar-refractivity contribution < 1.29 is 14.0 Å². The quantitative estimate of drug-likeness (QED) is 0.671. The third-order valence-corrected chi connectivity index (χ3v) is 4.24. The Bertz CT molecular complexity index is 949. The highest BCUT2D eigenvalue weighted by Gasteiger charge is 2.15. The fraction of sp³-hybridized carbons (Fsp3) is 0.100. The third kappa shape index (κ3) is 3.83. The molecule has 0 aromatic heterocycles. The summed E-state index contributed by atoms with van der Waals surface area (Å²) in [6, 6.07) is 17.1. The number of rotatable bonds is 5. The Kier molecular flexibility index (Phi) is 5.49. The number of hydrogen-bond donors (Lipinski definition) is 2. The topological polar surface area (TPSA) is 58.2 Å². The van der Waals surface area contributed by atoms with E-state index in [0.29, 0.717) is 5.56 Å². The Balaban J connectivity index is 1.58. The zero-order valence-corrected chi connectivity index (χ0v) is 14.5. The SMILES string of the molecule is O=C(NCCNC(=O)c1cccc2ccccc12)c1c(F)cccc1Cl. The van der Waals surface area contributed by atoms with Gasteiger partial charge in [0.25, 0.3) is 11.8 Å². The van der Waals surface area contributed by atoms with E-state index in [2.05, 4.69) is 10.6 Å². The molecule has 3 aromatic carbocycles. The Morgan fingerprint density at radius 2 is 1.50 bits per heavy atom. The molecule has 2 amide bonds. The van der Waals surface area contributed by atoms with Crippen LogP contribution in [0.4, 0.5) is 4.39 Å². The molecule has 3 aromatic rings. The van der Waals surface area contributed by atoms with Crippen LogP contribution >= 0.6 is 11.6 Å². The molecule has 132 valence electrons. The van der Waals surface area contributed by atoms with Crippen LogP contribution in [0.2, 0.25) is 5.02 Å². The van der Waals surface area contributed by atoms with E-state index in [4.69, 9.17) is 11.6 Å². The van der Waals surface area contributed by atoms with Gasteiger partial charge in [0, 0.05) is 18.7 Å². The summed E-state index contributed by atoms with van der Waals surface area (Å²) in [5.41, 5.74) is 0.362. The van der Waals surface area contributed by atoms with Gasteiger partial charge in [-0.05, 0) is 29.0 Å². The summed E-state index contributed by atoms with van der Waals surface area (Å²) in [7, 11) is 0. The molecule has 2 N–H and O–H groups in total. The van der Waals surface area contributed by atoms with E-state index in [1.165, 1.54) is 18.2 Å². The number of hydrogen-bond acceptors (Lipinski definition) is 2. The summed E-state index contributed by atoms with van der Waals surface area (Å²) < 4.78 is 13.7. The fourth-order valence-corrected chi connectivity index (χ4v) is 2.92. The van der Waals surface area contributed by atoms with Crippen LogP contribution in [-0.4, -0.2) is 24.9 Å². The van der Waals surface area contributed by atoms with Gasteiger partial charge < -0.3 is 10.6 Å². The van der Waals surface area contributed by atoms with Gasteiger partial charge in [-0.2, -0.15) is 0 Å². The average Bonchev–Trinajstić information content (AvgIpc) is 2.64. The van der Waals surface area contributed by atoms with E-state index in [1.807, 2.05) is 36.4 Å². The fourth-order valence-electron chi connectivity index (χ4n) is 2.67. The van der Waals surface area contributed by atoms with Gasteiger partial charge in [-0.25, -0.2) is 4.39 Å². The summed E-state index contributed by atoms with van der Waals surface area (Å²) in [6.07, 6.45) is 0. The van der Waals surface area contributed by atoms with Crippen molar-refractivity contribution in [3.63, 3.8) is 0 Å². The molecular weight excluding hydrogens is 355 g/mol. The van der Waals surface area contributed by atoms with Gasteiger partial charge in [0.15, 0.2) is 0 Å². The number of benzene rings is 3. The second kappa shape index (κ2) is 7.97. The highest BCUT2D eigenvalue weighted by Crippen LogP contribution is 2.19. The first-order valence-electron chi connectivity index (χ1n) is 8.06. The molecule has 0 saturated heterocycles. The number of carbonyl (C=O) groups is 2. The van der Waals surface area contributed by atoms with Gasteiger partial charge in [-0.1, -0.05) is 54.1 Å². The molecule has 0 aliphatic carbocycles. The summed E-state index contributed by atoms with van der Waals surface area (Å²) >= 11 is 5.85. The smallest absolute Gasteiger partial charge is 0.255 e. The van der Waals surface area contributed by atoms with E-state index < -0.39 is 11.7 Å². The van der Waals surface area contributed by atoms with Crippen molar-refractivity contribution in [2.24, 2.45) is 0 Å². The maximum absolute atomic E-state index is 13.7. The first-order chi connectivity index (χ1) is 12.6. The minimum atomic E-state index is -0.685. The Morgan fingerprint density at radius 1 is 0.846 bits per heavy atom. The standard InChI is InChI=1S/C20H16ClFN2O2/c21-16-9-4-10-17(22)18(16)20(26)24-12-11-23-19(25)15-8-3-6-13-5-1-2-7-14(13)15/h1-10H,11-12H2,(H,23,25)(H,24,26). The van der Waals surface area contributed by atoms with Crippen LogP contribution in [0.25, 0.3) is 10.8 Å². The van der Waals surface area contributed by atoms with Crippen LogP contribution < -0.4 is 10.6 Å². The molecule has 0 atom stereocenters. The zero-order valence-electron chi connectivity index (χ0n) is 13.8. The highest BCUT2D eigenvalue weighted by atomic mass is 35.5. The molecule has 3 rings (SSSR count). The largest absolute Gasteiger partial charge is 0.350 e. The van der Waals surface area contributed by atoms with Crippen LogP contribution in [-0.2, 0) is 0 Å². The van der Waals surface area contributed by atoms with Gasteiger partial charge in [-0.3, -0.25) is 9.59 Å². The van der Waals surface area contributed by atoms with Crippen LogP contribution in [0.5, 0.6) is 0 Å². The van der Waals surface area contributed by atoms with E-state index >= 15 is 0 Å². The van der Waals surface area contributed by atoms with Crippen molar-refractivity contribution >= 4 is 34.2 Å². The molecule has 0 unspecified atom stereocenters. The van der Waals surface area contributed by atoms with Crippen LogP contribution in [0.3, 0.4) is 0 Å². The minimum Gasteiger partial charge on any atom is -0.350 e. The lowest BCUT2D eigenvalue weighted by molar-refractivity contribution is 0.0926. The molecule has 0 saturated carbocycles. The Morgan fingerprint density at radius 3 is 2.27 bits per heavy atom. The number of amides is 2. The maximum atomic E-state index is 13.7. The zero-order chi connectivity index (χ0) is 18.5. The minimum absolute atomic E-state index is 0.0438. The van der Waals surface area contributed by atoms with Crippen molar-refractivity contribution in [3.8, 4) is 0 Å².